The Bertz CT molecular complexity index is 2430. The molecule has 7 rings (SSSR count). The maximum atomic E-state index is 12.8. The molecule has 41 nitrogen and oxygen atoms in total. The summed E-state index contributed by atoms with van der Waals surface area (Å²) in [6.07, 6.45) is -64.6. The van der Waals surface area contributed by atoms with E-state index in [1.54, 1.807) is 0 Å². The van der Waals surface area contributed by atoms with E-state index < -0.39 is 283 Å². The van der Waals surface area contributed by atoms with E-state index in [2.05, 4.69) is 20.1 Å². The van der Waals surface area contributed by atoms with Gasteiger partial charge in [-0.1, -0.05) is 0 Å². The third-order valence-corrected chi connectivity index (χ3v) is 16.3. The Kier molecular flexibility index (Phi) is 26.2. The summed E-state index contributed by atoms with van der Waals surface area (Å²) in [6.45, 7) is -2.09. The van der Waals surface area contributed by atoms with Crippen molar-refractivity contribution < 1.29 is 185 Å². The van der Waals surface area contributed by atoms with Crippen molar-refractivity contribution in [3.63, 3.8) is 0 Å². The molecule has 0 radical (unpaired) electrons. The van der Waals surface area contributed by atoms with E-state index in [1.165, 1.54) is 6.92 Å². The minimum Gasteiger partial charge on any atom is -0.394 e. The number of ether oxygens (including phenoxy) is 13. The van der Waals surface area contributed by atoms with Crippen LogP contribution in [0.15, 0.2) is 0 Å². The highest BCUT2D eigenvalue weighted by atomic mass is 32.3. The van der Waals surface area contributed by atoms with E-state index in [0.717, 1.165) is 20.8 Å². The molecule has 42 heteroatoms. The van der Waals surface area contributed by atoms with Crippen LogP contribution in [-0.4, -0.2) is 377 Å². The Balaban J connectivity index is 1.26. The molecule has 22 N–H and O–H groups in total. The van der Waals surface area contributed by atoms with Crippen molar-refractivity contribution in [1.82, 2.24) is 16.0 Å². The third-order valence-electron chi connectivity index (χ3n) is 15.9. The van der Waals surface area contributed by atoms with E-state index >= 15 is 0 Å². The Morgan fingerprint density at radius 1 is 0.367 bits per heavy atom. The first-order chi connectivity index (χ1) is 42.2. The number of nitrogens with one attached hydrogen (secondary N) is 3. The van der Waals surface area contributed by atoms with Crippen LogP contribution in [0, 0.1) is 0 Å². The fourth-order valence-electron chi connectivity index (χ4n) is 11.1. The van der Waals surface area contributed by atoms with Crippen molar-refractivity contribution in [3.8, 4) is 0 Å². The Morgan fingerprint density at radius 3 is 1.22 bits per heavy atom. The maximum absolute atomic E-state index is 12.8. The number of rotatable bonds is 23. The minimum atomic E-state index is -5.18. The van der Waals surface area contributed by atoms with E-state index in [0.29, 0.717) is 0 Å². The van der Waals surface area contributed by atoms with Crippen LogP contribution in [0.3, 0.4) is 0 Å². The molecule has 0 aliphatic carbocycles. The molecule has 35 atom stereocenters. The Hall–Kier alpha value is -2.96. The molecule has 0 aromatic heterocycles. The highest BCUT2D eigenvalue weighted by Crippen LogP contribution is 2.38. The van der Waals surface area contributed by atoms with Gasteiger partial charge < -0.3 is 169 Å². The smallest absolute Gasteiger partial charge is 0.394 e. The summed E-state index contributed by atoms with van der Waals surface area (Å²) in [5, 5.41) is 204. The predicted octanol–water partition coefficient (Wildman–Crippen LogP) is -15.0. The van der Waals surface area contributed by atoms with Crippen molar-refractivity contribution in [2.45, 2.75) is 242 Å². The molecule has 7 fully saturated rings. The first kappa shape index (κ1) is 74.4. The normalized spacial score (nSPS) is 47.9. The molecule has 522 valence electrons. The zero-order valence-electron chi connectivity index (χ0n) is 48.1. The summed E-state index contributed by atoms with van der Waals surface area (Å²) in [5.74, 6) is -2.66. The lowest BCUT2D eigenvalue weighted by molar-refractivity contribution is -0.403. The lowest BCUT2D eigenvalue weighted by Gasteiger charge is -2.51. The Morgan fingerprint density at radius 2 is 0.733 bits per heavy atom. The summed E-state index contributed by atoms with van der Waals surface area (Å²) in [4.78, 5) is 37.9. The number of carbonyl (C=O) groups excluding carboxylic acids is 3. The molecule has 0 aromatic carbocycles. The quantitative estimate of drug-likeness (QED) is 0.0422. The highest BCUT2D eigenvalue weighted by molar-refractivity contribution is 7.80. The van der Waals surface area contributed by atoms with Crippen molar-refractivity contribution in [3.05, 3.63) is 0 Å². The molecule has 0 bridgehead atoms. The molecule has 3 amide bonds. The molecular formula is C48H81N3O38S. The maximum Gasteiger partial charge on any atom is 0.397 e. The number of aliphatic hydroxyl groups is 18. The van der Waals surface area contributed by atoms with E-state index in [4.69, 9.17) is 61.6 Å². The zero-order chi connectivity index (χ0) is 66.7. The molecule has 0 aromatic rings. The summed E-state index contributed by atoms with van der Waals surface area (Å²) in [6, 6.07) is -5.42. The second kappa shape index (κ2) is 31.7. The first-order valence-corrected chi connectivity index (χ1v) is 29.5. The van der Waals surface area contributed by atoms with Crippen LogP contribution in [0.2, 0.25) is 0 Å². The average molecular weight is 1340 g/mol. The molecular weight excluding hydrogens is 1260 g/mol. The van der Waals surface area contributed by atoms with Crippen LogP contribution in [0.5, 0.6) is 0 Å². The lowest BCUT2D eigenvalue weighted by Crippen LogP contribution is -2.70. The van der Waals surface area contributed by atoms with Crippen LogP contribution < -0.4 is 16.0 Å². The molecule has 90 heavy (non-hydrogen) atoms. The van der Waals surface area contributed by atoms with Crippen molar-refractivity contribution in [1.29, 1.82) is 0 Å². The van der Waals surface area contributed by atoms with E-state index in [-0.39, 0.29) is 0 Å². The van der Waals surface area contributed by atoms with Crippen molar-refractivity contribution in [2.75, 3.05) is 39.6 Å². The zero-order valence-corrected chi connectivity index (χ0v) is 48.9. The summed E-state index contributed by atoms with van der Waals surface area (Å²) < 4.78 is 113. The fourth-order valence-corrected chi connectivity index (χ4v) is 11.4. The fraction of sp³-hybridized carbons (Fsp3) is 0.938. The van der Waals surface area contributed by atoms with Crippen LogP contribution >= 0.6 is 0 Å². The van der Waals surface area contributed by atoms with Gasteiger partial charge in [0.05, 0.1) is 45.7 Å². The largest absolute Gasteiger partial charge is 0.397 e. The van der Waals surface area contributed by atoms with Gasteiger partial charge >= 0.3 is 10.4 Å². The van der Waals surface area contributed by atoms with Crippen LogP contribution in [0.1, 0.15) is 27.7 Å². The lowest BCUT2D eigenvalue weighted by atomic mass is 9.94. The van der Waals surface area contributed by atoms with E-state index in [9.17, 15) is 119 Å². The van der Waals surface area contributed by atoms with E-state index in [1.807, 2.05) is 0 Å². The van der Waals surface area contributed by atoms with Gasteiger partial charge in [0.15, 0.2) is 44.0 Å². The van der Waals surface area contributed by atoms with Crippen molar-refractivity contribution >= 4 is 28.1 Å². The van der Waals surface area contributed by atoms with Crippen LogP contribution in [-0.2, 0) is 90.5 Å². The number of carbonyl (C=O) groups is 3. The first-order valence-electron chi connectivity index (χ1n) is 28.1. The molecule has 0 unspecified atom stereocenters. The monoisotopic (exact) mass is 1340 g/mol. The van der Waals surface area contributed by atoms with Gasteiger partial charge in [0.25, 0.3) is 0 Å². The van der Waals surface area contributed by atoms with Gasteiger partial charge in [-0.3, -0.25) is 18.9 Å². The number of amides is 3. The van der Waals surface area contributed by atoms with Gasteiger partial charge in [-0.25, -0.2) is 4.18 Å². The van der Waals surface area contributed by atoms with Crippen molar-refractivity contribution in [2.24, 2.45) is 0 Å². The predicted molar refractivity (Wildman–Crippen MR) is 276 cm³/mol. The van der Waals surface area contributed by atoms with Gasteiger partial charge in [0.1, 0.15) is 165 Å². The van der Waals surface area contributed by atoms with Gasteiger partial charge in [-0.15, -0.1) is 0 Å². The third kappa shape index (κ3) is 17.2. The molecule has 7 aliphatic rings. The van der Waals surface area contributed by atoms with Crippen LogP contribution in [0.4, 0.5) is 0 Å². The summed E-state index contributed by atoms with van der Waals surface area (Å²) in [7, 11) is -5.18. The van der Waals surface area contributed by atoms with Gasteiger partial charge in [0.2, 0.25) is 17.7 Å². The molecule has 7 heterocycles. The topological polar surface area (TPSA) is 635 Å². The van der Waals surface area contributed by atoms with Crippen LogP contribution in [0.25, 0.3) is 0 Å². The summed E-state index contributed by atoms with van der Waals surface area (Å²) >= 11 is 0. The standard InChI is InChI=1S/C48H81N3O38S/c1-11-24(58)32(66)35(69)45(79-11)89-41-40(88-47-37(71)34(68)26(60)16(6-53)82-47)29(63)19(9-77-44-22(50-13(3)56)31(65)38(17(7-54)83-44)86-46-36(70)33(67)25(59)15(5-52)81-46)85-48(41)87-39-23(51-14(4)57)42(72)80-18(28(39)62)8-76-43-21(49-12(2)55)30(64)27(61)20(84-43)10-78-90(73,74)75/h11,15-48,52-54,58-72H,5-10H2,1-4H3,(H,49,55)(H,50,56)(H,51,57)(H,73,74,75)/t11-,15+,16+,17+,18+,19+,20+,21+,22+,23+,24+,25-,26-,27+,28-,29-,30+,31+,32+,33-,34-,35-,36+,37+,38+,39+,40-,41+,42-,43+,44+,45-,46-,47-,48-/m0/s1. The molecule has 7 aliphatic heterocycles. The molecule has 0 saturated carbocycles. The number of aliphatic hydroxyl groups excluding tert-OH is 18. The minimum absolute atomic E-state index is 0.843. The highest BCUT2D eigenvalue weighted by Gasteiger charge is 2.59. The average Bonchev–Trinajstić information content (AvgIpc) is 0.789. The Labute approximate surface area is 510 Å². The van der Waals surface area contributed by atoms with Gasteiger partial charge in [0, 0.05) is 20.8 Å². The SMILES string of the molecule is CC(=O)N[C@@H]1[C@@H](O[C@@H]2O[C@H](CO[C@@H]3O[C@H](CO)[C@@H](O[C@@H]4O[C@H](CO)[C@H](O)[C@H](O)[C@H]4O)[C@H](O)[C@H]3NC(C)=O)[C@H](O)[C@H](O[C@@H]3O[C@H](CO)[C@H](O)[C@H](O)[C@H]3O)[C@H]2O[C@@H]2O[C@@H](C)[C@@H](O)[C@@H](O)[C@@H]2O)[C@@H](O)[C@@H](CO[C@@H]2O[C@H](COS(=O)(=O)O)[C@@H](O)[C@H](O)[C@H]2NC(C)=O)O[C@@H]1O. The second-order valence-corrected chi connectivity index (χ2v) is 23.5. The second-order valence-electron chi connectivity index (χ2n) is 22.4. The molecule has 7 saturated heterocycles. The number of hydrogen-bond acceptors (Lipinski definition) is 37. The summed E-state index contributed by atoms with van der Waals surface area (Å²) in [5.41, 5.74) is 0. The van der Waals surface area contributed by atoms with Gasteiger partial charge in [-0.2, -0.15) is 8.42 Å². The number of hydrogen-bond donors (Lipinski definition) is 22. The van der Waals surface area contributed by atoms with Gasteiger partial charge in [-0.05, 0) is 6.92 Å². The molecule has 0 spiro atoms.